The topological polar surface area (TPSA) is 117 Å². The van der Waals surface area contributed by atoms with E-state index < -0.39 is 28.6 Å². The van der Waals surface area contributed by atoms with Crippen LogP contribution in [0.3, 0.4) is 0 Å². The highest BCUT2D eigenvalue weighted by atomic mass is 32.2. The minimum atomic E-state index is -4.06. The summed E-state index contributed by atoms with van der Waals surface area (Å²) in [6.45, 7) is -0.832. The van der Waals surface area contributed by atoms with E-state index in [1.54, 1.807) is 6.07 Å². The molecule has 0 aliphatic carbocycles. The van der Waals surface area contributed by atoms with Crippen molar-refractivity contribution in [3.8, 4) is 0 Å². The molecular weight excluding hydrogens is 284 g/mol. The summed E-state index contributed by atoms with van der Waals surface area (Å²) >= 11 is 0. The second kappa shape index (κ2) is 5.53. The monoisotopic (exact) mass is 296 g/mol. The van der Waals surface area contributed by atoms with E-state index in [1.165, 1.54) is 30.6 Å². The summed E-state index contributed by atoms with van der Waals surface area (Å²) in [5, 5.41) is 18.7. The standard InChI is InChI=1S/C12H12N2O5S/c15-7-10(12(16)17)14-20(18,19)11-3-1-2-8-6-13-5-4-9(8)11/h1-6,10,14-15H,7H2,(H,16,17)/t10-/m0/s1. The fourth-order valence-corrected chi connectivity index (χ4v) is 3.15. The van der Waals surface area contributed by atoms with Gasteiger partial charge in [-0.15, -0.1) is 0 Å². The van der Waals surface area contributed by atoms with Crippen molar-refractivity contribution in [1.82, 2.24) is 9.71 Å². The van der Waals surface area contributed by atoms with Crippen molar-refractivity contribution < 1.29 is 23.4 Å². The molecule has 0 aliphatic rings. The number of carboxylic acid groups (broad SMARTS) is 1. The van der Waals surface area contributed by atoms with E-state index in [-0.39, 0.29) is 4.90 Å². The Morgan fingerprint density at radius 3 is 2.75 bits per heavy atom. The van der Waals surface area contributed by atoms with Gasteiger partial charge < -0.3 is 10.2 Å². The number of carboxylic acids is 1. The van der Waals surface area contributed by atoms with Gasteiger partial charge in [-0.25, -0.2) is 8.42 Å². The average Bonchev–Trinajstić information content (AvgIpc) is 2.43. The molecule has 2 aromatic rings. The van der Waals surface area contributed by atoms with Crippen LogP contribution in [-0.4, -0.2) is 42.2 Å². The van der Waals surface area contributed by atoms with Gasteiger partial charge in [-0.1, -0.05) is 12.1 Å². The van der Waals surface area contributed by atoms with E-state index in [0.717, 1.165) is 0 Å². The van der Waals surface area contributed by atoms with Gasteiger partial charge in [-0.3, -0.25) is 9.78 Å². The van der Waals surface area contributed by atoms with Gasteiger partial charge in [0.05, 0.1) is 11.5 Å². The fraction of sp³-hybridized carbons (Fsp3) is 0.167. The Kier molecular flexibility index (Phi) is 3.98. The first-order valence-corrected chi connectivity index (χ1v) is 7.13. The molecule has 0 radical (unpaired) electrons. The third-order valence-corrected chi connectivity index (χ3v) is 4.24. The molecule has 1 aromatic carbocycles. The van der Waals surface area contributed by atoms with Gasteiger partial charge >= 0.3 is 5.97 Å². The number of benzene rings is 1. The van der Waals surface area contributed by atoms with Crippen LogP contribution in [0.4, 0.5) is 0 Å². The fourth-order valence-electron chi connectivity index (χ4n) is 1.74. The maximum absolute atomic E-state index is 12.2. The van der Waals surface area contributed by atoms with Crippen LogP contribution >= 0.6 is 0 Å². The summed E-state index contributed by atoms with van der Waals surface area (Å²) in [4.78, 5) is 14.6. The minimum absolute atomic E-state index is 0.0582. The number of fused-ring (bicyclic) bond motifs is 1. The third-order valence-electron chi connectivity index (χ3n) is 2.71. The van der Waals surface area contributed by atoms with Crippen LogP contribution in [0, 0.1) is 0 Å². The van der Waals surface area contributed by atoms with Gasteiger partial charge in [-0.2, -0.15) is 4.72 Å². The number of nitrogens with one attached hydrogen (secondary N) is 1. The molecule has 2 rings (SSSR count). The number of aliphatic hydroxyl groups is 1. The summed E-state index contributed by atoms with van der Waals surface area (Å²) < 4.78 is 26.4. The molecule has 1 heterocycles. The van der Waals surface area contributed by atoms with Crippen molar-refractivity contribution in [2.45, 2.75) is 10.9 Å². The number of hydrogen-bond acceptors (Lipinski definition) is 5. The molecule has 3 N–H and O–H groups in total. The van der Waals surface area contributed by atoms with Gasteiger partial charge in [-0.05, 0) is 12.1 Å². The first-order valence-electron chi connectivity index (χ1n) is 5.64. The maximum Gasteiger partial charge on any atom is 0.324 e. The lowest BCUT2D eigenvalue weighted by Crippen LogP contribution is -2.43. The molecule has 7 nitrogen and oxygen atoms in total. The Morgan fingerprint density at radius 2 is 2.10 bits per heavy atom. The van der Waals surface area contributed by atoms with Crippen LogP contribution < -0.4 is 4.72 Å². The minimum Gasteiger partial charge on any atom is -0.480 e. The summed E-state index contributed by atoms with van der Waals surface area (Å²) in [6.07, 6.45) is 2.96. The predicted octanol–water partition coefficient (Wildman–Crippen LogP) is -0.0414. The van der Waals surface area contributed by atoms with E-state index >= 15 is 0 Å². The zero-order chi connectivity index (χ0) is 14.8. The molecule has 1 aromatic heterocycles. The first-order chi connectivity index (χ1) is 9.45. The van der Waals surface area contributed by atoms with Gasteiger partial charge in [0.2, 0.25) is 10.0 Å². The molecule has 0 bridgehead atoms. The van der Waals surface area contributed by atoms with Gasteiger partial charge in [0.25, 0.3) is 0 Å². The SMILES string of the molecule is O=C(O)[C@H](CO)NS(=O)(=O)c1cccc2cnccc12. The molecule has 1 atom stereocenters. The normalized spacial score (nSPS) is 13.2. The van der Waals surface area contributed by atoms with Gasteiger partial charge in [0.15, 0.2) is 0 Å². The van der Waals surface area contributed by atoms with Crippen LogP contribution in [0.5, 0.6) is 0 Å². The van der Waals surface area contributed by atoms with E-state index in [4.69, 9.17) is 10.2 Å². The quantitative estimate of drug-likeness (QED) is 0.712. The highest BCUT2D eigenvalue weighted by Crippen LogP contribution is 2.21. The molecule has 106 valence electrons. The summed E-state index contributed by atoms with van der Waals surface area (Å²) in [7, 11) is -4.06. The molecule has 0 aliphatic heterocycles. The van der Waals surface area contributed by atoms with Crippen LogP contribution in [0.15, 0.2) is 41.6 Å². The predicted molar refractivity (Wildman–Crippen MR) is 70.6 cm³/mol. The van der Waals surface area contributed by atoms with Crippen LogP contribution in [-0.2, 0) is 14.8 Å². The molecule has 0 spiro atoms. The molecule has 0 unspecified atom stereocenters. The van der Waals surface area contributed by atoms with Crippen LogP contribution in [0.1, 0.15) is 0 Å². The number of sulfonamides is 1. The van der Waals surface area contributed by atoms with Crippen LogP contribution in [0.2, 0.25) is 0 Å². The zero-order valence-corrected chi connectivity index (χ0v) is 11.0. The number of hydrogen-bond donors (Lipinski definition) is 3. The molecule has 0 saturated heterocycles. The van der Waals surface area contributed by atoms with E-state index in [1.807, 2.05) is 4.72 Å². The molecular formula is C12H12N2O5S. The van der Waals surface area contributed by atoms with E-state index in [9.17, 15) is 13.2 Å². The Hall–Kier alpha value is -2.03. The number of pyridine rings is 1. The number of aliphatic carboxylic acids is 1. The zero-order valence-electron chi connectivity index (χ0n) is 10.2. The second-order valence-electron chi connectivity index (χ2n) is 4.05. The second-order valence-corrected chi connectivity index (χ2v) is 5.73. The number of rotatable bonds is 5. The Labute approximate surface area is 114 Å². The van der Waals surface area contributed by atoms with Crippen molar-refractivity contribution in [3.63, 3.8) is 0 Å². The number of nitrogens with zero attached hydrogens (tertiary/aromatic N) is 1. The first kappa shape index (κ1) is 14.4. The molecule has 8 heteroatoms. The molecule has 0 amide bonds. The van der Waals surface area contributed by atoms with Crippen LogP contribution in [0.25, 0.3) is 10.8 Å². The smallest absolute Gasteiger partial charge is 0.324 e. The number of carbonyl (C=O) groups is 1. The molecule has 0 fully saturated rings. The molecule has 20 heavy (non-hydrogen) atoms. The number of aromatic nitrogens is 1. The lowest BCUT2D eigenvalue weighted by atomic mass is 10.2. The van der Waals surface area contributed by atoms with Gasteiger partial charge in [0, 0.05) is 23.2 Å². The van der Waals surface area contributed by atoms with Crippen molar-refractivity contribution >= 4 is 26.8 Å². The van der Waals surface area contributed by atoms with E-state index in [0.29, 0.717) is 10.8 Å². The number of aliphatic hydroxyl groups excluding tert-OH is 1. The Morgan fingerprint density at radius 1 is 1.35 bits per heavy atom. The molecule has 0 saturated carbocycles. The van der Waals surface area contributed by atoms with Gasteiger partial charge in [0.1, 0.15) is 6.04 Å². The third kappa shape index (κ3) is 2.77. The van der Waals surface area contributed by atoms with Crippen molar-refractivity contribution in [2.24, 2.45) is 0 Å². The lowest BCUT2D eigenvalue weighted by Gasteiger charge is -2.13. The highest BCUT2D eigenvalue weighted by Gasteiger charge is 2.25. The highest BCUT2D eigenvalue weighted by molar-refractivity contribution is 7.89. The summed E-state index contributed by atoms with van der Waals surface area (Å²) in [5.74, 6) is -1.45. The van der Waals surface area contributed by atoms with Crippen molar-refractivity contribution in [3.05, 3.63) is 36.7 Å². The summed E-state index contributed by atoms with van der Waals surface area (Å²) in [5.41, 5.74) is 0. The van der Waals surface area contributed by atoms with E-state index in [2.05, 4.69) is 4.98 Å². The average molecular weight is 296 g/mol. The Bertz CT molecular complexity index is 739. The Balaban J connectivity index is 2.50. The van der Waals surface area contributed by atoms with Crippen molar-refractivity contribution in [1.29, 1.82) is 0 Å². The largest absolute Gasteiger partial charge is 0.480 e. The lowest BCUT2D eigenvalue weighted by molar-refractivity contribution is -0.139. The summed E-state index contributed by atoms with van der Waals surface area (Å²) in [6, 6.07) is 4.53. The van der Waals surface area contributed by atoms with Crippen molar-refractivity contribution in [2.75, 3.05) is 6.61 Å². The maximum atomic E-state index is 12.2.